The SMILES string of the molecule is CC(C)COC1CC(C)CCC1C(=O)O. The largest absolute Gasteiger partial charge is 0.481 e. The second kappa shape index (κ2) is 5.50. The number of carboxylic acid groups (broad SMARTS) is 1. The fraction of sp³-hybridized carbons (Fsp3) is 0.917. The maximum absolute atomic E-state index is 11.0. The van der Waals surface area contributed by atoms with Crippen LogP contribution >= 0.6 is 0 Å². The van der Waals surface area contributed by atoms with Gasteiger partial charge in [-0.25, -0.2) is 0 Å². The lowest BCUT2D eigenvalue weighted by atomic mass is 9.80. The molecule has 0 aromatic heterocycles. The van der Waals surface area contributed by atoms with Crippen LogP contribution in [0.2, 0.25) is 0 Å². The van der Waals surface area contributed by atoms with E-state index in [4.69, 9.17) is 9.84 Å². The molecule has 0 heterocycles. The first-order chi connectivity index (χ1) is 7.00. The predicted molar refractivity (Wildman–Crippen MR) is 58.7 cm³/mol. The van der Waals surface area contributed by atoms with E-state index in [2.05, 4.69) is 20.8 Å². The van der Waals surface area contributed by atoms with Crippen molar-refractivity contribution in [3.05, 3.63) is 0 Å². The van der Waals surface area contributed by atoms with Gasteiger partial charge in [-0.1, -0.05) is 20.8 Å². The zero-order valence-electron chi connectivity index (χ0n) is 9.90. The van der Waals surface area contributed by atoms with Gasteiger partial charge in [-0.15, -0.1) is 0 Å². The van der Waals surface area contributed by atoms with Gasteiger partial charge in [-0.2, -0.15) is 0 Å². The first kappa shape index (κ1) is 12.5. The third-order valence-corrected chi connectivity index (χ3v) is 3.01. The third kappa shape index (κ3) is 3.82. The number of carbonyl (C=O) groups is 1. The Hall–Kier alpha value is -0.570. The average molecular weight is 214 g/mol. The van der Waals surface area contributed by atoms with E-state index in [0.717, 1.165) is 19.3 Å². The highest BCUT2D eigenvalue weighted by molar-refractivity contribution is 5.70. The molecular weight excluding hydrogens is 192 g/mol. The monoisotopic (exact) mass is 214 g/mol. The fourth-order valence-electron chi connectivity index (χ4n) is 2.11. The van der Waals surface area contributed by atoms with Crippen molar-refractivity contribution in [1.29, 1.82) is 0 Å². The molecule has 1 fully saturated rings. The van der Waals surface area contributed by atoms with E-state index < -0.39 is 5.97 Å². The first-order valence-corrected chi connectivity index (χ1v) is 5.85. The van der Waals surface area contributed by atoms with Gasteiger partial charge in [0.05, 0.1) is 12.0 Å². The summed E-state index contributed by atoms with van der Waals surface area (Å²) >= 11 is 0. The lowest BCUT2D eigenvalue weighted by molar-refractivity contribution is -0.151. The summed E-state index contributed by atoms with van der Waals surface area (Å²) in [6.45, 7) is 7.01. The molecule has 0 aromatic rings. The number of hydrogen-bond acceptors (Lipinski definition) is 2. The summed E-state index contributed by atoms with van der Waals surface area (Å²) in [5.74, 6) is 0.0741. The second-order valence-corrected chi connectivity index (χ2v) is 5.13. The Kier molecular flexibility index (Phi) is 4.58. The highest BCUT2D eigenvalue weighted by Crippen LogP contribution is 2.31. The molecule has 0 aliphatic heterocycles. The number of carboxylic acids is 1. The molecule has 1 rings (SSSR count). The van der Waals surface area contributed by atoms with Crippen LogP contribution < -0.4 is 0 Å². The van der Waals surface area contributed by atoms with Gasteiger partial charge in [-0.3, -0.25) is 4.79 Å². The molecule has 0 spiro atoms. The summed E-state index contributed by atoms with van der Waals surface area (Å²) in [7, 11) is 0. The van der Waals surface area contributed by atoms with Crippen LogP contribution in [0.4, 0.5) is 0 Å². The zero-order chi connectivity index (χ0) is 11.4. The molecular formula is C12H22O3. The lowest BCUT2D eigenvalue weighted by Crippen LogP contribution is -2.36. The van der Waals surface area contributed by atoms with Gasteiger partial charge < -0.3 is 9.84 Å². The van der Waals surface area contributed by atoms with Crippen molar-refractivity contribution in [3.63, 3.8) is 0 Å². The smallest absolute Gasteiger partial charge is 0.309 e. The van der Waals surface area contributed by atoms with Crippen molar-refractivity contribution < 1.29 is 14.6 Å². The van der Waals surface area contributed by atoms with Gasteiger partial charge in [0.25, 0.3) is 0 Å². The molecule has 3 unspecified atom stereocenters. The Bertz CT molecular complexity index is 213. The fourth-order valence-corrected chi connectivity index (χ4v) is 2.11. The van der Waals surface area contributed by atoms with Crippen LogP contribution in [0.3, 0.4) is 0 Å². The summed E-state index contributed by atoms with van der Waals surface area (Å²) in [4.78, 5) is 11.0. The minimum Gasteiger partial charge on any atom is -0.481 e. The zero-order valence-corrected chi connectivity index (χ0v) is 9.90. The summed E-state index contributed by atoms with van der Waals surface area (Å²) in [6, 6.07) is 0. The molecule has 3 nitrogen and oxygen atoms in total. The van der Waals surface area contributed by atoms with Gasteiger partial charge >= 0.3 is 5.97 Å². The summed E-state index contributed by atoms with van der Waals surface area (Å²) in [5.41, 5.74) is 0. The summed E-state index contributed by atoms with van der Waals surface area (Å²) in [6.07, 6.45) is 2.59. The van der Waals surface area contributed by atoms with E-state index in [1.165, 1.54) is 0 Å². The standard InChI is InChI=1S/C12H22O3/c1-8(2)7-15-11-6-9(3)4-5-10(11)12(13)14/h8-11H,4-7H2,1-3H3,(H,13,14). The van der Waals surface area contributed by atoms with E-state index in [-0.39, 0.29) is 12.0 Å². The van der Waals surface area contributed by atoms with Crippen LogP contribution in [0, 0.1) is 17.8 Å². The van der Waals surface area contributed by atoms with Crippen molar-refractivity contribution in [2.75, 3.05) is 6.61 Å². The highest BCUT2D eigenvalue weighted by atomic mass is 16.5. The summed E-state index contributed by atoms with van der Waals surface area (Å²) < 4.78 is 5.71. The van der Waals surface area contributed by atoms with E-state index in [0.29, 0.717) is 18.4 Å². The normalized spacial score (nSPS) is 31.9. The molecule has 0 radical (unpaired) electrons. The first-order valence-electron chi connectivity index (χ1n) is 5.85. The number of aliphatic carboxylic acids is 1. The predicted octanol–water partition coefficient (Wildman–Crippen LogP) is 2.55. The quantitative estimate of drug-likeness (QED) is 0.782. The van der Waals surface area contributed by atoms with Gasteiger partial charge in [0.1, 0.15) is 0 Å². The van der Waals surface area contributed by atoms with Crippen molar-refractivity contribution in [3.8, 4) is 0 Å². The maximum Gasteiger partial charge on any atom is 0.309 e. The van der Waals surface area contributed by atoms with Crippen molar-refractivity contribution in [1.82, 2.24) is 0 Å². The molecule has 0 saturated heterocycles. The van der Waals surface area contributed by atoms with Crippen LogP contribution in [-0.4, -0.2) is 23.8 Å². The molecule has 1 aliphatic rings. The molecule has 1 saturated carbocycles. The van der Waals surface area contributed by atoms with Crippen LogP contribution in [0.1, 0.15) is 40.0 Å². The van der Waals surface area contributed by atoms with Crippen molar-refractivity contribution in [2.24, 2.45) is 17.8 Å². The minimum atomic E-state index is -0.698. The molecule has 3 heteroatoms. The van der Waals surface area contributed by atoms with Gasteiger partial charge in [-0.05, 0) is 31.1 Å². The number of rotatable bonds is 4. The van der Waals surface area contributed by atoms with Crippen LogP contribution in [0.15, 0.2) is 0 Å². The molecule has 15 heavy (non-hydrogen) atoms. The topological polar surface area (TPSA) is 46.5 Å². The maximum atomic E-state index is 11.0. The molecule has 0 aromatic carbocycles. The Balaban J connectivity index is 2.50. The third-order valence-electron chi connectivity index (χ3n) is 3.01. The summed E-state index contributed by atoms with van der Waals surface area (Å²) in [5, 5.41) is 9.08. The van der Waals surface area contributed by atoms with Crippen LogP contribution in [0.25, 0.3) is 0 Å². The highest BCUT2D eigenvalue weighted by Gasteiger charge is 2.34. The van der Waals surface area contributed by atoms with Crippen molar-refractivity contribution in [2.45, 2.75) is 46.1 Å². The lowest BCUT2D eigenvalue weighted by Gasteiger charge is -2.32. The van der Waals surface area contributed by atoms with Crippen molar-refractivity contribution >= 4 is 5.97 Å². The van der Waals surface area contributed by atoms with Gasteiger partial charge in [0, 0.05) is 6.61 Å². The molecule has 88 valence electrons. The molecule has 1 N–H and O–H groups in total. The molecule has 0 amide bonds. The molecule has 1 aliphatic carbocycles. The van der Waals surface area contributed by atoms with Crippen LogP contribution in [-0.2, 0) is 9.53 Å². The minimum absolute atomic E-state index is 0.0753. The average Bonchev–Trinajstić information content (AvgIpc) is 2.14. The number of hydrogen-bond donors (Lipinski definition) is 1. The molecule has 0 bridgehead atoms. The number of ether oxygens (including phenoxy) is 1. The Labute approximate surface area is 91.8 Å². The van der Waals surface area contributed by atoms with E-state index in [1.54, 1.807) is 0 Å². The van der Waals surface area contributed by atoms with E-state index in [1.807, 2.05) is 0 Å². The van der Waals surface area contributed by atoms with Gasteiger partial charge in [0.15, 0.2) is 0 Å². The van der Waals surface area contributed by atoms with Gasteiger partial charge in [0.2, 0.25) is 0 Å². The van der Waals surface area contributed by atoms with E-state index >= 15 is 0 Å². The molecule has 3 atom stereocenters. The van der Waals surface area contributed by atoms with E-state index in [9.17, 15) is 4.79 Å². The Morgan fingerprint density at radius 3 is 2.67 bits per heavy atom. The Morgan fingerprint density at radius 1 is 1.47 bits per heavy atom. The Morgan fingerprint density at radius 2 is 2.13 bits per heavy atom. The second-order valence-electron chi connectivity index (χ2n) is 5.13. The van der Waals surface area contributed by atoms with Crippen LogP contribution in [0.5, 0.6) is 0 Å².